The van der Waals surface area contributed by atoms with Crippen molar-refractivity contribution in [2.24, 2.45) is 0 Å². The van der Waals surface area contributed by atoms with Gasteiger partial charge in [0, 0.05) is 15.9 Å². The molecule has 1 atom stereocenters. The summed E-state index contributed by atoms with van der Waals surface area (Å²) < 4.78 is 1.26. The van der Waals surface area contributed by atoms with E-state index in [4.69, 9.17) is 0 Å². The van der Waals surface area contributed by atoms with E-state index >= 15 is 0 Å². The van der Waals surface area contributed by atoms with Gasteiger partial charge in [0.1, 0.15) is 6.04 Å². The molecule has 1 aromatic carbocycles. The Kier molecular flexibility index (Phi) is 3.80. The van der Waals surface area contributed by atoms with Gasteiger partial charge < -0.3 is 10.6 Å². The molecule has 3 nitrogen and oxygen atoms in total. The predicted molar refractivity (Wildman–Crippen MR) is 82.8 cm³/mol. The van der Waals surface area contributed by atoms with Crippen molar-refractivity contribution in [1.82, 2.24) is 5.32 Å². The lowest BCUT2D eigenvalue weighted by Crippen LogP contribution is -2.47. The van der Waals surface area contributed by atoms with E-state index in [0.29, 0.717) is 0 Å². The number of carbonyl (C=O) groups is 1. The van der Waals surface area contributed by atoms with Crippen LogP contribution >= 0.6 is 11.3 Å². The molecule has 0 aliphatic rings. The minimum atomic E-state index is -0.254. The second-order valence-corrected chi connectivity index (χ2v) is 6.73. The number of carbonyl (C=O) groups excluding carboxylic acids is 1. The molecule has 0 spiro atoms. The molecule has 2 aromatic rings. The molecule has 0 saturated carbocycles. The summed E-state index contributed by atoms with van der Waals surface area (Å²) in [6.07, 6.45) is 0. The zero-order valence-electron chi connectivity index (χ0n) is 11.8. The fourth-order valence-corrected chi connectivity index (χ4v) is 2.62. The molecular formula is C15H20N2OS. The summed E-state index contributed by atoms with van der Waals surface area (Å²) in [5.74, 6) is 0.0120. The molecule has 0 saturated heterocycles. The first-order valence-corrected chi connectivity index (χ1v) is 7.29. The number of rotatable bonds is 3. The van der Waals surface area contributed by atoms with Gasteiger partial charge in [0.15, 0.2) is 0 Å². The van der Waals surface area contributed by atoms with E-state index in [1.807, 2.05) is 33.8 Å². The highest BCUT2D eigenvalue weighted by atomic mass is 32.1. The first-order valence-electron chi connectivity index (χ1n) is 6.41. The second-order valence-electron chi connectivity index (χ2n) is 5.78. The molecule has 1 amide bonds. The van der Waals surface area contributed by atoms with E-state index in [1.54, 1.807) is 11.3 Å². The van der Waals surface area contributed by atoms with Crippen LogP contribution in [0.25, 0.3) is 10.1 Å². The maximum Gasteiger partial charge on any atom is 0.242 e. The molecule has 1 heterocycles. The third-order valence-corrected chi connectivity index (χ3v) is 3.62. The van der Waals surface area contributed by atoms with Crippen molar-refractivity contribution >= 4 is 33.0 Å². The molecule has 0 bridgehead atoms. The number of fused-ring (bicyclic) bond motifs is 1. The van der Waals surface area contributed by atoms with Gasteiger partial charge in [-0.1, -0.05) is 0 Å². The van der Waals surface area contributed by atoms with Crippen LogP contribution in [0.5, 0.6) is 0 Å². The van der Waals surface area contributed by atoms with E-state index in [1.165, 1.54) is 10.1 Å². The van der Waals surface area contributed by atoms with E-state index in [0.717, 1.165) is 5.69 Å². The zero-order chi connectivity index (χ0) is 14.0. The number of anilines is 1. The molecule has 0 aliphatic carbocycles. The van der Waals surface area contributed by atoms with Gasteiger partial charge >= 0.3 is 0 Å². The van der Waals surface area contributed by atoms with Crippen LogP contribution in [-0.2, 0) is 4.79 Å². The SMILES string of the molecule is CC(Nc1ccc2sccc2c1)C(=O)NC(C)(C)C. The Morgan fingerprint density at radius 3 is 2.68 bits per heavy atom. The summed E-state index contributed by atoms with van der Waals surface area (Å²) in [6, 6.07) is 8.00. The van der Waals surface area contributed by atoms with Crippen molar-refractivity contribution in [3.8, 4) is 0 Å². The summed E-state index contributed by atoms with van der Waals surface area (Å²) >= 11 is 1.72. The Balaban J connectivity index is 2.05. The van der Waals surface area contributed by atoms with Gasteiger partial charge in [0.05, 0.1) is 0 Å². The average molecular weight is 276 g/mol. The van der Waals surface area contributed by atoms with Crippen LogP contribution in [0, 0.1) is 0 Å². The van der Waals surface area contributed by atoms with E-state index in [-0.39, 0.29) is 17.5 Å². The smallest absolute Gasteiger partial charge is 0.242 e. The Bertz CT molecular complexity index is 583. The van der Waals surface area contributed by atoms with Crippen molar-refractivity contribution in [1.29, 1.82) is 0 Å². The summed E-state index contributed by atoms with van der Waals surface area (Å²) in [5.41, 5.74) is 0.770. The molecule has 2 rings (SSSR count). The molecule has 2 N–H and O–H groups in total. The summed E-state index contributed by atoms with van der Waals surface area (Å²) in [6.45, 7) is 7.82. The lowest BCUT2D eigenvalue weighted by Gasteiger charge is -2.24. The zero-order valence-corrected chi connectivity index (χ0v) is 12.6. The summed E-state index contributed by atoms with van der Waals surface area (Å²) in [7, 11) is 0. The third kappa shape index (κ3) is 3.70. The predicted octanol–water partition coefficient (Wildman–Crippen LogP) is 3.62. The Labute approximate surface area is 118 Å². The van der Waals surface area contributed by atoms with Crippen LogP contribution in [0.15, 0.2) is 29.6 Å². The van der Waals surface area contributed by atoms with Crippen LogP contribution in [0.1, 0.15) is 27.7 Å². The van der Waals surface area contributed by atoms with Gasteiger partial charge in [-0.3, -0.25) is 4.79 Å². The van der Waals surface area contributed by atoms with E-state index in [2.05, 4.69) is 34.2 Å². The fourth-order valence-electron chi connectivity index (χ4n) is 1.85. The first-order chi connectivity index (χ1) is 8.85. The van der Waals surface area contributed by atoms with Crippen molar-refractivity contribution in [3.05, 3.63) is 29.6 Å². The van der Waals surface area contributed by atoms with Crippen molar-refractivity contribution in [2.75, 3.05) is 5.32 Å². The first kappa shape index (κ1) is 13.9. The minimum absolute atomic E-state index is 0.0120. The fraction of sp³-hybridized carbons (Fsp3) is 0.400. The van der Waals surface area contributed by atoms with Crippen LogP contribution in [0.4, 0.5) is 5.69 Å². The topological polar surface area (TPSA) is 41.1 Å². The maximum absolute atomic E-state index is 12.0. The normalized spacial score (nSPS) is 13.3. The van der Waals surface area contributed by atoms with Gasteiger partial charge in [0.2, 0.25) is 5.91 Å². The summed E-state index contributed by atoms with van der Waals surface area (Å²) in [4.78, 5) is 12.0. The monoisotopic (exact) mass is 276 g/mol. The van der Waals surface area contributed by atoms with Crippen molar-refractivity contribution < 1.29 is 4.79 Å². The van der Waals surface area contributed by atoms with Gasteiger partial charge in [-0.15, -0.1) is 11.3 Å². The molecule has 102 valence electrons. The second kappa shape index (κ2) is 5.21. The summed E-state index contributed by atoms with van der Waals surface area (Å²) in [5, 5.41) is 9.49. The number of thiophene rings is 1. The van der Waals surface area contributed by atoms with E-state index < -0.39 is 0 Å². The number of benzene rings is 1. The highest BCUT2D eigenvalue weighted by Crippen LogP contribution is 2.24. The Morgan fingerprint density at radius 2 is 2.00 bits per heavy atom. The maximum atomic E-state index is 12.0. The van der Waals surface area contributed by atoms with Crippen LogP contribution in [-0.4, -0.2) is 17.5 Å². The lowest BCUT2D eigenvalue weighted by atomic mass is 10.1. The van der Waals surface area contributed by atoms with Crippen LogP contribution < -0.4 is 10.6 Å². The van der Waals surface area contributed by atoms with E-state index in [9.17, 15) is 4.79 Å². The number of hydrogen-bond donors (Lipinski definition) is 2. The van der Waals surface area contributed by atoms with Gasteiger partial charge in [-0.2, -0.15) is 0 Å². The van der Waals surface area contributed by atoms with Crippen molar-refractivity contribution in [2.45, 2.75) is 39.3 Å². The standard InChI is InChI=1S/C15H20N2OS/c1-10(14(18)17-15(2,3)4)16-12-5-6-13-11(9-12)7-8-19-13/h5-10,16H,1-4H3,(H,17,18). The number of hydrogen-bond acceptors (Lipinski definition) is 3. The number of amides is 1. The molecular weight excluding hydrogens is 256 g/mol. The Morgan fingerprint density at radius 1 is 1.26 bits per heavy atom. The molecule has 0 radical (unpaired) electrons. The van der Waals surface area contributed by atoms with Crippen LogP contribution in [0.2, 0.25) is 0 Å². The van der Waals surface area contributed by atoms with Gasteiger partial charge in [-0.05, 0) is 62.7 Å². The third-order valence-electron chi connectivity index (χ3n) is 2.73. The lowest BCUT2D eigenvalue weighted by molar-refractivity contribution is -0.122. The highest BCUT2D eigenvalue weighted by Gasteiger charge is 2.18. The molecule has 19 heavy (non-hydrogen) atoms. The molecule has 1 aromatic heterocycles. The minimum Gasteiger partial charge on any atom is -0.374 e. The molecule has 1 unspecified atom stereocenters. The largest absolute Gasteiger partial charge is 0.374 e. The molecule has 0 fully saturated rings. The van der Waals surface area contributed by atoms with Gasteiger partial charge in [-0.25, -0.2) is 0 Å². The van der Waals surface area contributed by atoms with Crippen molar-refractivity contribution in [3.63, 3.8) is 0 Å². The highest BCUT2D eigenvalue weighted by molar-refractivity contribution is 7.17. The van der Waals surface area contributed by atoms with Gasteiger partial charge in [0.25, 0.3) is 0 Å². The average Bonchev–Trinajstić information content (AvgIpc) is 2.73. The molecule has 4 heteroatoms. The quantitative estimate of drug-likeness (QED) is 0.899. The Hall–Kier alpha value is -1.55. The molecule has 0 aliphatic heterocycles. The number of nitrogens with one attached hydrogen (secondary N) is 2. The van der Waals surface area contributed by atoms with Crippen LogP contribution in [0.3, 0.4) is 0 Å².